The zero-order valence-electron chi connectivity index (χ0n) is 17.2. The number of nitrogens with one attached hydrogen (secondary N) is 1. The van der Waals surface area contributed by atoms with Crippen molar-refractivity contribution in [3.63, 3.8) is 0 Å². The Balaban J connectivity index is 4.64. The predicted molar refractivity (Wildman–Crippen MR) is 102 cm³/mol. The van der Waals surface area contributed by atoms with Crippen molar-refractivity contribution in [1.29, 1.82) is 0 Å². The van der Waals surface area contributed by atoms with Crippen LogP contribution in [0.5, 0.6) is 0 Å². The van der Waals surface area contributed by atoms with Crippen molar-refractivity contribution in [2.24, 2.45) is 5.41 Å². The average molecular weight is 362 g/mol. The Morgan fingerprint density at radius 2 is 1.71 bits per heavy atom. The summed E-state index contributed by atoms with van der Waals surface area (Å²) in [7, 11) is -1.91. The van der Waals surface area contributed by atoms with Crippen LogP contribution in [0.1, 0.15) is 61.3 Å². The minimum absolute atomic E-state index is 0.0893. The second kappa shape index (κ2) is 9.20. The summed E-state index contributed by atoms with van der Waals surface area (Å²) < 4.78 is 11.7. The molecule has 0 aromatic heterocycles. The first-order valence-corrected chi connectivity index (χ1v) is 11.9. The van der Waals surface area contributed by atoms with Crippen LogP contribution >= 0.6 is 0 Å². The highest BCUT2D eigenvalue weighted by molar-refractivity contribution is 6.74. The van der Waals surface area contributed by atoms with Crippen LogP contribution in [-0.4, -0.2) is 44.9 Å². The Morgan fingerprint density at radius 1 is 1.17 bits per heavy atom. The molecule has 0 rings (SSSR count). The first-order valence-electron chi connectivity index (χ1n) is 8.96. The number of alkyl carbamates (subject to hydrolysis) is 1. The van der Waals surface area contributed by atoms with Gasteiger partial charge in [-0.1, -0.05) is 54.9 Å². The Labute approximate surface area is 149 Å². The van der Waals surface area contributed by atoms with E-state index < -0.39 is 20.5 Å². The van der Waals surface area contributed by atoms with Crippen molar-refractivity contribution in [3.05, 3.63) is 0 Å². The average Bonchev–Trinajstić information content (AvgIpc) is 2.40. The van der Waals surface area contributed by atoms with E-state index in [1.165, 1.54) is 0 Å². The number of amides is 1. The topological polar surface area (TPSA) is 67.8 Å². The summed E-state index contributed by atoms with van der Waals surface area (Å²) in [6.07, 6.45) is 1.14. The third-order valence-corrected chi connectivity index (χ3v) is 9.26. The fourth-order valence-corrected chi connectivity index (χ4v) is 2.98. The van der Waals surface area contributed by atoms with Gasteiger partial charge < -0.3 is 19.6 Å². The lowest BCUT2D eigenvalue weighted by Crippen LogP contribution is -2.48. The van der Waals surface area contributed by atoms with Crippen molar-refractivity contribution in [2.45, 2.75) is 91.6 Å². The molecule has 0 aromatic carbocycles. The Morgan fingerprint density at radius 3 is 2.08 bits per heavy atom. The standard InChI is InChI=1S/C18H39NO4Si/c1-10-11-15(17(2,3)4)23-16(21)19-14(12-20)13-22-24(8,9)18(5,6)7/h14-15,20H,10-13H2,1-9H3,(H,19,21)/t14-,15?/m1/s1. The molecule has 0 aliphatic rings. The number of ether oxygens (including phenoxy) is 1. The zero-order chi connectivity index (χ0) is 19.2. The van der Waals surface area contributed by atoms with E-state index >= 15 is 0 Å². The summed E-state index contributed by atoms with van der Waals surface area (Å²) in [4.78, 5) is 12.2. The largest absolute Gasteiger partial charge is 0.446 e. The molecule has 5 nitrogen and oxygen atoms in total. The maximum atomic E-state index is 12.2. The van der Waals surface area contributed by atoms with Crippen molar-refractivity contribution in [1.82, 2.24) is 5.32 Å². The lowest BCUT2D eigenvalue weighted by molar-refractivity contribution is 0.0211. The highest BCUT2D eigenvalue weighted by Gasteiger charge is 2.37. The van der Waals surface area contributed by atoms with Crippen LogP contribution in [0.15, 0.2) is 0 Å². The Bertz CT molecular complexity index is 385. The minimum atomic E-state index is -1.91. The van der Waals surface area contributed by atoms with E-state index in [1.54, 1.807) is 0 Å². The Kier molecular flexibility index (Phi) is 8.97. The molecule has 6 heteroatoms. The van der Waals surface area contributed by atoms with E-state index in [4.69, 9.17) is 9.16 Å². The summed E-state index contributed by atoms with van der Waals surface area (Å²) in [5, 5.41) is 12.4. The highest BCUT2D eigenvalue weighted by atomic mass is 28.4. The number of rotatable bonds is 8. The number of carbonyl (C=O) groups is 1. The van der Waals surface area contributed by atoms with E-state index in [9.17, 15) is 9.90 Å². The summed E-state index contributed by atoms with van der Waals surface area (Å²) >= 11 is 0. The number of carbonyl (C=O) groups excluding carboxylic acids is 1. The van der Waals surface area contributed by atoms with Gasteiger partial charge in [-0.25, -0.2) is 4.79 Å². The van der Waals surface area contributed by atoms with Crippen LogP contribution in [0.2, 0.25) is 18.1 Å². The van der Waals surface area contributed by atoms with Crippen molar-refractivity contribution < 1.29 is 19.1 Å². The third kappa shape index (κ3) is 7.99. The zero-order valence-corrected chi connectivity index (χ0v) is 18.2. The molecule has 2 atom stereocenters. The lowest BCUT2D eigenvalue weighted by atomic mass is 9.86. The number of hydrogen-bond donors (Lipinski definition) is 2. The molecule has 0 aliphatic heterocycles. The summed E-state index contributed by atoms with van der Waals surface area (Å²) in [5.74, 6) is 0. The number of aliphatic hydroxyl groups excluding tert-OH is 1. The quantitative estimate of drug-likeness (QED) is 0.632. The molecule has 0 saturated heterocycles. The smallest absolute Gasteiger partial charge is 0.407 e. The van der Waals surface area contributed by atoms with Gasteiger partial charge in [0.05, 0.1) is 19.3 Å². The summed E-state index contributed by atoms with van der Waals surface area (Å²) in [6.45, 7) is 19.2. The molecule has 1 amide bonds. The van der Waals surface area contributed by atoms with Crippen molar-refractivity contribution in [3.8, 4) is 0 Å². The minimum Gasteiger partial charge on any atom is -0.446 e. The van der Waals surface area contributed by atoms with Crippen LogP contribution < -0.4 is 5.32 Å². The molecule has 1 unspecified atom stereocenters. The fourth-order valence-electron chi connectivity index (χ4n) is 1.93. The Hall–Kier alpha value is -0.593. The van der Waals surface area contributed by atoms with Crippen molar-refractivity contribution >= 4 is 14.4 Å². The summed E-state index contributed by atoms with van der Waals surface area (Å²) in [5.41, 5.74) is -0.111. The van der Waals surface area contributed by atoms with Gasteiger partial charge in [0, 0.05) is 0 Å². The lowest BCUT2D eigenvalue weighted by Gasteiger charge is -2.37. The van der Waals surface area contributed by atoms with Crippen LogP contribution in [0.3, 0.4) is 0 Å². The van der Waals surface area contributed by atoms with Gasteiger partial charge in [0.2, 0.25) is 0 Å². The summed E-state index contributed by atoms with van der Waals surface area (Å²) in [6, 6.07) is -0.450. The second-order valence-corrected chi connectivity index (χ2v) is 14.0. The normalized spacial score (nSPS) is 15.8. The number of aliphatic hydroxyl groups is 1. The van der Waals surface area contributed by atoms with E-state index in [0.717, 1.165) is 12.8 Å². The molecule has 144 valence electrons. The van der Waals surface area contributed by atoms with Gasteiger partial charge in [-0.15, -0.1) is 0 Å². The molecule has 0 heterocycles. The van der Waals surface area contributed by atoms with Gasteiger partial charge in [-0.3, -0.25) is 0 Å². The predicted octanol–water partition coefficient (Wildman–Crippen LogP) is 4.31. The molecule has 0 spiro atoms. The fraction of sp³-hybridized carbons (Fsp3) is 0.944. The molecule has 0 bridgehead atoms. The first-order chi connectivity index (χ1) is 10.7. The van der Waals surface area contributed by atoms with Gasteiger partial charge in [-0.2, -0.15) is 0 Å². The van der Waals surface area contributed by atoms with Crippen LogP contribution in [0, 0.1) is 5.41 Å². The molecule has 0 fully saturated rings. The van der Waals surface area contributed by atoms with Gasteiger partial charge in [0.25, 0.3) is 0 Å². The van der Waals surface area contributed by atoms with Gasteiger partial charge >= 0.3 is 6.09 Å². The molecule has 0 radical (unpaired) electrons. The van der Waals surface area contributed by atoms with Crippen LogP contribution in [0.4, 0.5) is 4.79 Å². The number of hydrogen-bond acceptors (Lipinski definition) is 4. The highest BCUT2D eigenvalue weighted by Crippen LogP contribution is 2.36. The monoisotopic (exact) mass is 361 g/mol. The van der Waals surface area contributed by atoms with Gasteiger partial charge in [0.1, 0.15) is 6.10 Å². The first kappa shape index (κ1) is 23.4. The maximum absolute atomic E-state index is 12.2. The molecule has 2 N–H and O–H groups in total. The molecular formula is C18H39NO4Si. The maximum Gasteiger partial charge on any atom is 0.407 e. The van der Waals surface area contributed by atoms with Gasteiger partial charge in [0.15, 0.2) is 8.32 Å². The van der Waals surface area contributed by atoms with E-state index in [1.807, 2.05) is 0 Å². The third-order valence-electron chi connectivity index (χ3n) is 4.76. The van der Waals surface area contributed by atoms with Gasteiger partial charge in [-0.05, 0) is 30.0 Å². The van der Waals surface area contributed by atoms with E-state index in [0.29, 0.717) is 6.61 Å². The van der Waals surface area contributed by atoms with E-state index in [2.05, 4.69) is 66.9 Å². The molecule has 24 heavy (non-hydrogen) atoms. The van der Waals surface area contributed by atoms with Crippen molar-refractivity contribution in [2.75, 3.05) is 13.2 Å². The molecule has 0 saturated carbocycles. The van der Waals surface area contributed by atoms with E-state index in [-0.39, 0.29) is 23.2 Å². The molecule has 0 aliphatic carbocycles. The SMILES string of the molecule is CCCC(OC(=O)N[C@H](CO)CO[Si](C)(C)C(C)(C)C)C(C)(C)C. The van der Waals surface area contributed by atoms with Crippen LogP contribution in [-0.2, 0) is 9.16 Å². The molecular weight excluding hydrogens is 322 g/mol. The van der Waals surface area contributed by atoms with Crippen LogP contribution in [0.25, 0.3) is 0 Å². The molecule has 0 aromatic rings. The second-order valence-electron chi connectivity index (χ2n) is 9.14.